The molecule has 0 amide bonds. The minimum atomic E-state index is -0.428. The van der Waals surface area contributed by atoms with E-state index < -0.39 is 6.10 Å². The van der Waals surface area contributed by atoms with Gasteiger partial charge >= 0.3 is 0 Å². The molecule has 0 radical (unpaired) electrons. The SMILES string of the molecule is C[C@H](O)[C@@H]1CN(Cc2ccccc2)CC(C)(C)O1. The molecule has 100 valence electrons. The molecule has 2 rings (SSSR count). The van der Waals surface area contributed by atoms with Crippen molar-refractivity contribution in [2.24, 2.45) is 0 Å². The van der Waals surface area contributed by atoms with Gasteiger partial charge in [-0.2, -0.15) is 0 Å². The standard InChI is InChI=1S/C15H23NO2/c1-12(17)14-10-16(11-15(2,3)18-14)9-13-7-5-4-6-8-13/h4-8,12,14,17H,9-11H2,1-3H3/t12-,14-/m0/s1. The van der Waals surface area contributed by atoms with Crippen LogP contribution in [-0.2, 0) is 11.3 Å². The molecule has 0 aromatic heterocycles. The van der Waals surface area contributed by atoms with Crippen LogP contribution in [0.2, 0.25) is 0 Å². The third-order valence-electron chi connectivity index (χ3n) is 3.30. The molecule has 1 N–H and O–H groups in total. The highest BCUT2D eigenvalue weighted by molar-refractivity contribution is 5.14. The summed E-state index contributed by atoms with van der Waals surface area (Å²) in [4.78, 5) is 2.36. The van der Waals surface area contributed by atoms with E-state index in [4.69, 9.17) is 4.74 Å². The lowest BCUT2D eigenvalue weighted by Crippen LogP contribution is -2.55. The van der Waals surface area contributed by atoms with Gasteiger partial charge in [0, 0.05) is 19.6 Å². The summed E-state index contributed by atoms with van der Waals surface area (Å²) in [6.07, 6.45) is -0.527. The topological polar surface area (TPSA) is 32.7 Å². The van der Waals surface area contributed by atoms with Gasteiger partial charge in [-0.3, -0.25) is 4.90 Å². The van der Waals surface area contributed by atoms with E-state index >= 15 is 0 Å². The van der Waals surface area contributed by atoms with E-state index in [9.17, 15) is 5.11 Å². The second kappa shape index (κ2) is 5.39. The van der Waals surface area contributed by atoms with Gasteiger partial charge in [0.15, 0.2) is 0 Å². The van der Waals surface area contributed by atoms with Gasteiger partial charge in [-0.1, -0.05) is 30.3 Å². The van der Waals surface area contributed by atoms with Crippen molar-refractivity contribution in [3.8, 4) is 0 Å². The average Bonchev–Trinajstić information content (AvgIpc) is 2.28. The molecular weight excluding hydrogens is 226 g/mol. The first-order valence-electron chi connectivity index (χ1n) is 6.58. The minimum absolute atomic E-state index is 0.0996. The Morgan fingerprint density at radius 2 is 2.06 bits per heavy atom. The van der Waals surface area contributed by atoms with Crippen molar-refractivity contribution in [1.29, 1.82) is 0 Å². The van der Waals surface area contributed by atoms with Gasteiger partial charge in [-0.25, -0.2) is 0 Å². The molecule has 18 heavy (non-hydrogen) atoms. The number of hydrogen-bond donors (Lipinski definition) is 1. The molecule has 1 heterocycles. The fourth-order valence-corrected chi connectivity index (χ4v) is 2.55. The average molecular weight is 249 g/mol. The van der Waals surface area contributed by atoms with Crippen LogP contribution in [0.25, 0.3) is 0 Å². The van der Waals surface area contributed by atoms with Crippen molar-refractivity contribution in [2.45, 2.75) is 45.1 Å². The highest BCUT2D eigenvalue weighted by Crippen LogP contribution is 2.24. The van der Waals surface area contributed by atoms with Gasteiger partial charge in [-0.05, 0) is 26.3 Å². The molecule has 0 saturated carbocycles. The monoisotopic (exact) mass is 249 g/mol. The van der Waals surface area contributed by atoms with E-state index in [0.29, 0.717) is 0 Å². The molecule has 0 bridgehead atoms. The van der Waals surface area contributed by atoms with Crippen LogP contribution in [0, 0.1) is 0 Å². The maximum atomic E-state index is 9.74. The van der Waals surface area contributed by atoms with Crippen LogP contribution in [0.15, 0.2) is 30.3 Å². The van der Waals surface area contributed by atoms with Crippen LogP contribution in [0.5, 0.6) is 0 Å². The van der Waals surface area contributed by atoms with E-state index in [2.05, 4.69) is 43.0 Å². The Labute approximate surface area is 109 Å². The number of rotatable bonds is 3. The van der Waals surface area contributed by atoms with Crippen LogP contribution in [-0.4, -0.2) is 40.9 Å². The lowest BCUT2D eigenvalue weighted by Gasteiger charge is -2.43. The van der Waals surface area contributed by atoms with E-state index in [-0.39, 0.29) is 11.7 Å². The zero-order chi connectivity index (χ0) is 13.2. The Morgan fingerprint density at radius 1 is 1.39 bits per heavy atom. The summed E-state index contributed by atoms with van der Waals surface area (Å²) in [6, 6.07) is 10.4. The summed E-state index contributed by atoms with van der Waals surface area (Å²) >= 11 is 0. The smallest absolute Gasteiger partial charge is 0.0965 e. The first-order valence-corrected chi connectivity index (χ1v) is 6.58. The number of aliphatic hydroxyl groups is 1. The summed E-state index contributed by atoms with van der Waals surface area (Å²) in [5, 5.41) is 9.74. The molecular formula is C15H23NO2. The van der Waals surface area contributed by atoms with Crippen molar-refractivity contribution in [3.63, 3.8) is 0 Å². The Bertz CT molecular complexity index is 375. The van der Waals surface area contributed by atoms with E-state index in [1.54, 1.807) is 6.92 Å². The lowest BCUT2D eigenvalue weighted by atomic mass is 10.0. The third kappa shape index (κ3) is 3.55. The largest absolute Gasteiger partial charge is 0.391 e. The normalized spacial score (nSPS) is 25.9. The molecule has 3 nitrogen and oxygen atoms in total. The number of benzene rings is 1. The van der Waals surface area contributed by atoms with Gasteiger partial charge in [-0.15, -0.1) is 0 Å². The Balaban J connectivity index is 2.04. The zero-order valence-electron chi connectivity index (χ0n) is 11.5. The number of aliphatic hydroxyl groups excluding tert-OH is 1. The highest BCUT2D eigenvalue weighted by Gasteiger charge is 2.35. The zero-order valence-corrected chi connectivity index (χ0v) is 11.5. The van der Waals surface area contributed by atoms with Crippen molar-refractivity contribution < 1.29 is 9.84 Å². The maximum absolute atomic E-state index is 9.74. The van der Waals surface area contributed by atoms with Crippen LogP contribution in [0.4, 0.5) is 0 Å². The first-order chi connectivity index (χ1) is 8.46. The predicted octanol–water partition coefficient (Wildman–Crippen LogP) is 2.05. The minimum Gasteiger partial charge on any atom is -0.391 e. The molecule has 1 aromatic carbocycles. The fraction of sp³-hybridized carbons (Fsp3) is 0.600. The van der Waals surface area contributed by atoms with Gasteiger partial charge < -0.3 is 9.84 Å². The fourth-order valence-electron chi connectivity index (χ4n) is 2.55. The maximum Gasteiger partial charge on any atom is 0.0965 e. The van der Waals surface area contributed by atoms with E-state index in [0.717, 1.165) is 19.6 Å². The van der Waals surface area contributed by atoms with E-state index in [1.165, 1.54) is 5.56 Å². The van der Waals surface area contributed by atoms with Gasteiger partial charge in [0.05, 0.1) is 17.8 Å². The van der Waals surface area contributed by atoms with Crippen molar-refractivity contribution >= 4 is 0 Å². The highest BCUT2D eigenvalue weighted by atomic mass is 16.5. The second-order valence-electron chi connectivity index (χ2n) is 5.81. The number of hydrogen-bond acceptors (Lipinski definition) is 3. The van der Waals surface area contributed by atoms with Crippen LogP contribution < -0.4 is 0 Å². The lowest BCUT2D eigenvalue weighted by molar-refractivity contribution is -0.168. The van der Waals surface area contributed by atoms with Crippen LogP contribution >= 0.6 is 0 Å². The molecule has 0 unspecified atom stereocenters. The summed E-state index contributed by atoms with van der Waals surface area (Å²) in [5.41, 5.74) is 1.11. The quantitative estimate of drug-likeness (QED) is 0.890. The van der Waals surface area contributed by atoms with Crippen molar-refractivity contribution in [1.82, 2.24) is 4.90 Å². The molecule has 1 aliphatic rings. The summed E-state index contributed by atoms with van der Waals surface area (Å²) in [6.45, 7) is 8.56. The van der Waals surface area contributed by atoms with E-state index in [1.807, 2.05) is 6.07 Å². The summed E-state index contributed by atoms with van der Waals surface area (Å²) in [5.74, 6) is 0. The molecule has 1 aliphatic heterocycles. The summed E-state index contributed by atoms with van der Waals surface area (Å²) in [7, 11) is 0. The molecule has 0 aliphatic carbocycles. The Morgan fingerprint density at radius 3 is 2.67 bits per heavy atom. The number of morpholine rings is 1. The number of ether oxygens (including phenoxy) is 1. The van der Waals surface area contributed by atoms with Crippen molar-refractivity contribution in [2.75, 3.05) is 13.1 Å². The molecule has 0 spiro atoms. The van der Waals surface area contributed by atoms with Gasteiger partial charge in [0.25, 0.3) is 0 Å². The molecule has 1 fully saturated rings. The van der Waals surface area contributed by atoms with Crippen molar-refractivity contribution in [3.05, 3.63) is 35.9 Å². The molecule has 1 aromatic rings. The molecule has 3 heteroatoms. The molecule has 1 saturated heterocycles. The van der Waals surface area contributed by atoms with Crippen LogP contribution in [0.1, 0.15) is 26.3 Å². The van der Waals surface area contributed by atoms with Gasteiger partial charge in [0.1, 0.15) is 0 Å². The Hall–Kier alpha value is -0.900. The first kappa shape index (κ1) is 13.5. The summed E-state index contributed by atoms with van der Waals surface area (Å²) < 4.78 is 5.91. The van der Waals surface area contributed by atoms with Gasteiger partial charge in [0.2, 0.25) is 0 Å². The predicted molar refractivity (Wildman–Crippen MR) is 72.4 cm³/mol. The second-order valence-corrected chi connectivity index (χ2v) is 5.81. The Kier molecular flexibility index (Phi) is 4.05. The third-order valence-corrected chi connectivity index (χ3v) is 3.30. The van der Waals surface area contributed by atoms with Crippen LogP contribution in [0.3, 0.4) is 0 Å². The number of nitrogens with zero attached hydrogens (tertiary/aromatic N) is 1. The molecule has 2 atom stereocenters.